The average Bonchev–Trinajstić information content (AvgIpc) is 2.37. The molecule has 0 amide bonds. The van der Waals surface area contributed by atoms with Crippen LogP contribution in [0, 0.1) is 0 Å². The lowest BCUT2D eigenvalue weighted by molar-refractivity contribution is 0.324. The van der Waals surface area contributed by atoms with Crippen molar-refractivity contribution in [1.29, 1.82) is 0 Å². The maximum atomic E-state index is 8.99. The maximum Gasteiger partial charge on any atom is 0.203 e. The molecule has 0 unspecified atom stereocenters. The molecule has 17 heavy (non-hydrogen) atoms. The van der Waals surface area contributed by atoms with Gasteiger partial charge in [0.05, 0.1) is 27.9 Å². The van der Waals surface area contributed by atoms with Crippen molar-refractivity contribution in [3.63, 3.8) is 0 Å². The van der Waals surface area contributed by atoms with Crippen molar-refractivity contribution in [1.82, 2.24) is 0 Å². The van der Waals surface area contributed by atoms with Gasteiger partial charge in [0.1, 0.15) is 0 Å². The summed E-state index contributed by atoms with van der Waals surface area (Å²) >= 11 is 0. The summed E-state index contributed by atoms with van der Waals surface area (Å²) in [7, 11) is 4.71. The summed E-state index contributed by atoms with van der Waals surface area (Å²) < 4.78 is 15.7. The third-order valence-electron chi connectivity index (χ3n) is 2.35. The van der Waals surface area contributed by atoms with Crippen LogP contribution in [0.3, 0.4) is 0 Å². The zero-order valence-electron chi connectivity index (χ0n) is 10.6. The van der Waals surface area contributed by atoms with E-state index in [9.17, 15) is 0 Å². The Kier molecular flexibility index (Phi) is 4.84. The van der Waals surface area contributed by atoms with Crippen LogP contribution in [-0.4, -0.2) is 33.0 Å². The van der Waals surface area contributed by atoms with Gasteiger partial charge in [0.25, 0.3) is 0 Å². The van der Waals surface area contributed by atoms with Gasteiger partial charge in [-0.25, -0.2) is 0 Å². The first-order valence-corrected chi connectivity index (χ1v) is 5.24. The minimum absolute atomic E-state index is 0.0245. The van der Waals surface area contributed by atoms with Crippen LogP contribution in [0.5, 0.6) is 17.2 Å². The van der Waals surface area contributed by atoms with Crippen molar-refractivity contribution in [3.8, 4) is 17.2 Å². The molecule has 0 aliphatic carbocycles. The van der Waals surface area contributed by atoms with Crippen molar-refractivity contribution in [2.45, 2.75) is 6.92 Å². The molecule has 0 bridgehead atoms. The highest BCUT2D eigenvalue weighted by Gasteiger charge is 2.12. The average molecular weight is 238 g/mol. The minimum Gasteiger partial charge on any atom is -0.493 e. The van der Waals surface area contributed by atoms with Crippen molar-refractivity contribution in [3.05, 3.63) is 23.3 Å². The van der Waals surface area contributed by atoms with Crippen LogP contribution < -0.4 is 14.2 Å². The highest BCUT2D eigenvalue weighted by atomic mass is 16.5. The van der Waals surface area contributed by atoms with E-state index in [1.807, 2.05) is 25.1 Å². The van der Waals surface area contributed by atoms with E-state index in [0.717, 1.165) is 11.1 Å². The Morgan fingerprint density at radius 1 is 1.12 bits per heavy atom. The molecular weight excluding hydrogens is 220 g/mol. The predicted molar refractivity (Wildman–Crippen MR) is 66.8 cm³/mol. The molecule has 94 valence electrons. The summed E-state index contributed by atoms with van der Waals surface area (Å²) in [4.78, 5) is 0. The minimum atomic E-state index is 0.0245. The van der Waals surface area contributed by atoms with Crippen molar-refractivity contribution in [2.24, 2.45) is 0 Å². The van der Waals surface area contributed by atoms with E-state index < -0.39 is 0 Å². The lowest BCUT2D eigenvalue weighted by atomic mass is 10.1. The van der Waals surface area contributed by atoms with Gasteiger partial charge in [-0.2, -0.15) is 0 Å². The van der Waals surface area contributed by atoms with Gasteiger partial charge in [-0.3, -0.25) is 0 Å². The molecule has 0 saturated heterocycles. The van der Waals surface area contributed by atoms with Crippen LogP contribution >= 0.6 is 0 Å². The van der Waals surface area contributed by atoms with E-state index in [0.29, 0.717) is 17.2 Å². The quantitative estimate of drug-likeness (QED) is 0.853. The molecule has 0 spiro atoms. The van der Waals surface area contributed by atoms with Crippen molar-refractivity contribution < 1.29 is 19.3 Å². The fraction of sp³-hybridized carbons (Fsp3) is 0.385. The summed E-state index contributed by atoms with van der Waals surface area (Å²) in [6.45, 7) is 1.87. The summed E-state index contributed by atoms with van der Waals surface area (Å²) in [5.74, 6) is 1.77. The molecular formula is C13H18O4. The molecule has 4 heteroatoms. The third kappa shape index (κ3) is 3.14. The van der Waals surface area contributed by atoms with Crippen LogP contribution in [0.1, 0.15) is 12.5 Å². The molecule has 0 radical (unpaired) electrons. The van der Waals surface area contributed by atoms with Crippen molar-refractivity contribution >= 4 is 6.08 Å². The van der Waals surface area contributed by atoms with E-state index in [2.05, 4.69) is 0 Å². The predicted octanol–water partition coefficient (Wildman–Crippen LogP) is 2.11. The Morgan fingerprint density at radius 2 is 1.65 bits per heavy atom. The molecule has 0 fully saturated rings. The fourth-order valence-electron chi connectivity index (χ4n) is 1.51. The fourth-order valence-corrected chi connectivity index (χ4v) is 1.51. The van der Waals surface area contributed by atoms with Crippen molar-refractivity contribution in [2.75, 3.05) is 27.9 Å². The number of rotatable bonds is 5. The van der Waals surface area contributed by atoms with E-state index in [4.69, 9.17) is 19.3 Å². The number of methoxy groups -OCH3 is 3. The van der Waals surface area contributed by atoms with Gasteiger partial charge in [-0.15, -0.1) is 0 Å². The number of aliphatic hydroxyl groups excluding tert-OH is 1. The summed E-state index contributed by atoms with van der Waals surface area (Å²) in [6.07, 6.45) is 1.87. The topological polar surface area (TPSA) is 47.9 Å². The molecule has 1 aromatic carbocycles. The number of hydrogen-bond acceptors (Lipinski definition) is 4. The first-order valence-electron chi connectivity index (χ1n) is 5.24. The number of hydrogen-bond donors (Lipinski definition) is 1. The lowest BCUT2D eigenvalue weighted by Crippen LogP contribution is -1.96. The van der Waals surface area contributed by atoms with Gasteiger partial charge in [0, 0.05) is 0 Å². The largest absolute Gasteiger partial charge is 0.493 e. The second-order valence-corrected chi connectivity index (χ2v) is 3.61. The highest BCUT2D eigenvalue weighted by Crippen LogP contribution is 2.38. The van der Waals surface area contributed by atoms with Gasteiger partial charge in [-0.1, -0.05) is 6.08 Å². The lowest BCUT2D eigenvalue weighted by Gasteiger charge is -2.13. The van der Waals surface area contributed by atoms with Crippen LogP contribution in [0.2, 0.25) is 0 Å². The summed E-state index contributed by atoms with van der Waals surface area (Å²) in [5.41, 5.74) is 1.75. The molecule has 0 aliphatic heterocycles. The number of benzene rings is 1. The second-order valence-electron chi connectivity index (χ2n) is 3.61. The molecule has 1 aromatic rings. The van der Waals surface area contributed by atoms with Gasteiger partial charge in [-0.05, 0) is 30.2 Å². The highest BCUT2D eigenvalue weighted by molar-refractivity contribution is 5.63. The van der Waals surface area contributed by atoms with E-state index in [-0.39, 0.29) is 6.61 Å². The second kappa shape index (κ2) is 6.15. The van der Waals surface area contributed by atoms with E-state index in [1.165, 1.54) is 0 Å². The Morgan fingerprint density at radius 3 is 2.00 bits per heavy atom. The van der Waals surface area contributed by atoms with Crippen LogP contribution in [0.4, 0.5) is 0 Å². The maximum absolute atomic E-state index is 8.99. The zero-order chi connectivity index (χ0) is 12.8. The zero-order valence-corrected chi connectivity index (χ0v) is 10.6. The molecule has 0 atom stereocenters. The third-order valence-corrected chi connectivity index (χ3v) is 2.35. The van der Waals surface area contributed by atoms with E-state index >= 15 is 0 Å². The van der Waals surface area contributed by atoms with Crippen LogP contribution in [0.15, 0.2) is 17.7 Å². The molecule has 0 heterocycles. The standard InChI is InChI=1S/C13H18O4/c1-9(8-14)5-10-6-11(15-2)13(17-4)12(7-10)16-3/h5-7,14H,8H2,1-4H3. The monoisotopic (exact) mass is 238 g/mol. The summed E-state index contributed by atoms with van der Waals surface area (Å²) in [6, 6.07) is 3.67. The first kappa shape index (κ1) is 13.4. The Balaban J connectivity index is 3.27. The normalized spacial score (nSPS) is 11.2. The summed E-state index contributed by atoms with van der Waals surface area (Å²) in [5, 5.41) is 8.99. The molecule has 0 saturated carbocycles. The Hall–Kier alpha value is -1.68. The SMILES string of the molecule is COc1cc(C=C(C)CO)cc(OC)c1OC. The van der Waals surface area contributed by atoms with Gasteiger partial charge >= 0.3 is 0 Å². The molecule has 0 aromatic heterocycles. The molecule has 1 N–H and O–H groups in total. The molecule has 4 nitrogen and oxygen atoms in total. The number of ether oxygens (including phenoxy) is 3. The first-order chi connectivity index (χ1) is 8.15. The van der Waals surface area contributed by atoms with Crippen LogP contribution in [-0.2, 0) is 0 Å². The number of aliphatic hydroxyl groups is 1. The van der Waals surface area contributed by atoms with Gasteiger partial charge in [0.2, 0.25) is 5.75 Å². The van der Waals surface area contributed by atoms with Gasteiger partial charge in [0.15, 0.2) is 11.5 Å². The Bertz CT molecular complexity index is 385. The van der Waals surface area contributed by atoms with E-state index in [1.54, 1.807) is 21.3 Å². The smallest absolute Gasteiger partial charge is 0.203 e. The van der Waals surface area contributed by atoms with Crippen LogP contribution in [0.25, 0.3) is 6.08 Å². The Labute approximate surface area is 101 Å². The molecule has 0 aliphatic rings. The van der Waals surface area contributed by atoms with Gasteiger partial charge < -0.3 is 19.3 Å². The molecule has 1 rings (SSSR count).